The Hall–Kier alpha value is -1.23. The van der Waals surface area contributed by atoms with Gasteiger partial charge in [0.2, 0.25) is 0 Å². The summed E-state index contributed by atoms with van der Waals surface area (Å²) in [5, 5.41) is 7.83. The summed E-state index contributed by atoms with van der Waals surface area (Å²) in [6.45, 7) is 1.66. The first-order valence-corrected chi connectivity index (χ1v) is 1.96. The van der Waals surface area contributed by atoms with E-state index in [2.05, 4.69) is 12.8 Å². The topological polar surface area (TPSA) is 37.3 Å². The van der Waals surface area contributed by atoms with Gasteiger partial charge in [0.1, 0.15) is 0 Å². The van der Waals surface area contributed by atoms with E-state index in [1.54, 1.807) is 6.92 Å². The summed E-state index contributed by atoms with van der Waals surface area (Å²) < 4.78 is 0. The minimum atomic E-state index is -0.891. The SMILES string of the molecule is C#C.CC=CC(=O)O. The van der Waals surface area contributed by atoms with E-state index in [-0.39, 0.29) is 0 Å². The van der Waals surface area contributed by atoms with Crippen molar-refractivity contribution in [3.8, 4) is 12.8 Å². The Kier molecular flexibility index (Phi) is 11.4. The van der Waals surface area contributed by atoms with Crippen LogP contribution in [0.3, 0.4) is 0 Å². The molecule has 44 valence electrons. The summed E-state index contributed by atoms with van der Waals surface area (Å²) in [6.07, 6.45) is 10.6. The zero-order valence-corrected chi connectivity index (χ0v) is 4.66. The molecule has 0 aromatic carbocycles. The fraction of sp³-hybridized carbons (Fsp3) is 0.167. The number of carbonyl (C=O) groups is 1. The highest BCUT2D eigenvalue weighted by Crippen LogP contribution is 1.65. The van der Waals surface area contributed by atoms with Gasteiger partial charge in [-0.1, -0.05) is 6.08 Å². The van der Waals surface area contributed by atoms with Crippen LogP contribution in [0, 0.1) is 12.8 Å². The van der Waals surface area contributed by atoms with Crippen LogP contribution in [-0.2, 0) is 4.79 Å². The van der Waals surface area contributed by atoms with E-state index >= 15 is 0 Å². The molecule has 0 bridgehead atoms. The number of allylic oxidation sites excluding steroid dienone is 1. The summed E-state index contributed by atoms with van der Waals surface area (Å²) >= 11 is 0. The number of rotatable bonds is 1. The van der Waals surface area contributed by atoms with Gasteiger partial charge in [0, 0.05) is 6.08 Å². The van der Waals surface area contributed by atoms with Gasteiger partial charge in [0.25, 0.3) is 0 Å². The molecule has 0 atom stereocenters. The highest BCUT2D eigenvalue weighted by molar-refractivity contribution is 5.79. The first kappa shape index (κ1) is 9.91. The van der Waals surface area contributed by atoms with Crippen molar-refractivity contribution in [3.63, 3.8) is 0 Å². The maximum absolute atomic E-state index is 9.51. The Labute approximate surface area is 48.8 Å². The van der Waals surface area contributed by atoms with Crippen molar-refractivity contribution in [2.75, 3.05) is 0 Å². The summed E-state index contributed by atoms with van der Waals surface area (Å²) in [6, 6.07) is 0. The van der Waals surface area contributed by atoms with Crippen molar-refractivity contribution in [1.29, 1.82) is 0 Å². The third-order valence-corrected chi connectivity index (χ3v) is 0.309. The Balaban J connectivity index is 0. The molecule has 0 amide bonds. The van der Waals surface area contributed by atoms with E-state index in [4.69, 9.17) is 5.11 Å². The Morgan fingerprint density at radius 1 is 1.62 bits per heavy atom. The van der Waals surface area contributed by atoms with Crippen LogP contribution in [-0.4, -0.2) is 11.1 Å². The highest BCUT2D eigenvalue weighted by atomic mass is 16.4. The zero-order valence-electron chi connectivity index (χ0n) is 4.66. The number of aliphatic carboxylic acids is 1. The standard InChI is InChI=1S/C4H6O2.C2H2/c1-2-3-4(5)6;1-2/h2-3H,1H3,(H,5,6);1-2H. The van der Waals surface area contributed by atoms with Crippen molar-refractivity contribution in [1.82, 2.24) is 0 Å². The first-order chi connectivity index (χ1) is 3.77. The molecule has 0 spiro atoms. The Morgan fingerprint density at radius 3 is 2.00 bits per heavy atom. The molecule has 0 heterocycles. The second kappa shape index (κ2) is 9.24. The van der Waals surface area contributed by atoms with E-state index < -0.39 is 5.97 Å². The quantitative estimate of drug-likeness (QED) is 0.404. The van der Waals surface area contributed by atoms with Crippen molar-refractivity contribution in [2.24, 2.45) is 0 Å². The Bertz CT molecular complexity index is 100. The third kappa shape index (κ3) is 21.6. The molecule has 0 unspecified atom stereocenters. The van der Waals surface area contributed by atoms with Crippen LogP contribution in [0.1, 0.15) is 6.92 Å². The van der Waals surface area contributed by atoms with Gasteiger partial charge in [-0.05, 0) is 6.92 Å². The van der Waals surface area contributed by atoms with Crippen molar-refractivity contribution in [3.05, 3.63) is 12.2 Å². The second-order valence-electron chi connectivity index (χ2n) is 0.838. The molecule has 8 heavy (non-hydrogen) atoms. The summed E-state index contributed by atoms with van der Waals surface area (Å²) in [7, 11) is 0. The second-order valence-corrected chi connectivity index (χ2v) is 0.838. The first-order valence-electron chi connectivity index (χ1n) is 1.96. The molecule has 0 saturated carbocycles. The van der Waals surface area contributed by atoms with Crippen molar-refractivity contribution in [2.45, 2.75) is 6.92 Å². The fourth-order valence-electron chi connectivity index (χ4n) is 0.143. The normalized spacial score (nSPS) is 7.38. The van der Waals surface area contributed by atoms with Crippen LogP contribution in [0.25, 0.3) is 0 Å². The molecule has 0 rings (SSSR count). The molecule has 0 aromatic rings. The lowest BCUT2D eigenvalue weighted by molar-refractivity contribution is -0.131. The number of carboxylic acids is 1. The fourth-order valence-corrected chi connectivity index (χ4v) is 0.143. The van der Waals surface area contributed by atoms with Gasteiger partial charge < -0.3 is 5.11 Å². The maximum atomic E-state index is 9.51. The third-order valence-electron chi connectivity index (χ3n) is 0.309. The van der Waals surface area contributed by atoms with Gasteiger partial charge in [0.05, 0.1) is 0 Å². The van der Waals surface area contributed by atoms with Gasteiger partial charge in [-0.2, -0.15) is 0 Å². The predicted octanol–water partition coefficient (Wildman–Crippen LogP) is 0.897. The van der Waals surface area contributed by atoms with Crippen molar-refractivity contribution < 1.29 is 9.90 Å². The Morgan fingerprint density at radius 2 is 2.00 bits per heavy atom. The molecular weight excluding hydrogens is 104 g/mol. The average molecular weight is 112 g/mol. The van der Waals surface area contributed by atoms with Crippen LogP contribution in [0.2, 0.25) is 0 Å². The van der Waals surface area contributed by atoms with Gasteiger partial charge >= 0.3 is 5.97 Å². The number of terminal acetylenes is 1. The lowest BCUT2D eigenvalue weighted by atomic mass is 10.5. The highest BCUT2D eigenvalue weighted by Gasteiger charge is 1.76. The number of carboxylic acid groups (broad SMARTS) is 1. The van der Waals surface area contributed by atoms with Gasteiger partial charge in [0.15, 0.2) is 0 Å². The molecule has 0 radical (unpaired) electrons. The summed E-state index contributed by atoms with van der Waals surface area (Å²) in [5.74, 6) is -0.891. The minimum absolute atomic E-state index is 0.891. The van der Waals surface area contributed by atoms with E-state index in [0.29, 0.717) is 0 Å². The van der Waals surface area contributed by atoms with Gasteiger partial charge in [-0.25, -0.2) is 4.79 Å². The predicted molar refractivity (Wildman–Crippen MR) is 32.3 cm³/mol. The van der Waals surface area contributed by atoms with E-state index in [1.807, 2.05) is 0 Å². The van der Waals surface area contributed by atoms with Gasteiger partial charge in [-0.3, -0.25) is 0 Å². The minimum Gasteiger partial charge on any atom is -0.478 e. The maximum Gasteiger partial charge on any atom is 0.327 e. The average Bonchev–Trinajstić information content (AvgIpc) is 1.72. The molecule has 2 nitrogen and oxygen atoms in total. The molecular formula is C6H8O2. The smallest absolute Gasteiger partial charge is 0.327 e. The van der Waals surface area contributed by atoms with E-state index in [0.717, 1.165) is 6.08 Å². The van der Waals surface area contributed by atoms with Crippen LogP contribution in [0.15, 0.2) is 12.2 Å². The molecule has 0 aromatic heterocycles. The molecule has 0 fully saturated rings. The lowest BCUT2D eigenvalue weighted by Crippen LogP contribution is -1.83. The molecule has 0 aliphatic rings. The summed E-state index contributed by atoms with van der Waals surface area (Å²) in [4.78, 5) is 9.51. The molecule has 1 N–H and O–H groups in total. The summed E-state index contributed by atoms with van der Waals surface area (Å²) in [5.41, 5.74) is 0. The molecule has 0 aliphatic heterocycles. The molecule has 0 saturated heterocycles. The number of hydrogen-bond acceptors (Lipinski definition) is 1. The van der Waals surface area contributed by atoms with Gasteiger partial charge in [-0.15, -0.1) is 12.8 Å². The van der Waals surface area contributed by atoms with E-state index in [1.165, 1.54) is 6.08 Å². The van der Waals surface area contributed by atoms with Crippen LogP contribution in [0.4, 0.5) is 0 Å². The van der Waals surface area contributed by atoms with Crippen molar-refractivity contribution >= 4 is 5.97 Å². The van der Waals surface area contributed by atoms with Crippen LogP contribution < -0.4 is 0 Å². The monoisotopic (exact) mass is 112 g/mol. The largest absolute Gasteiger partial charge is 0.478 e. The number of hydrogen-bond donors (Lipinski definition) is 1. The van der Waals surface area contributed by atoms with Crippen LogP contribution in [0.5, 0.6) is 0 Å². The zero-order chi connectivity index (χ0) is 6.99. The lowest BCUT2D eigenvalue weighted by Gasteiger charge is -1.68. The molecule has 0 aliphatic carbocycles. The molecule has 2 heteroatoms. The van der Waals surface area contributed by atoms with E-state index in [9.17, 15) is 4.79 Å². The van der Waals surface area contributed by atoms with Crippen LogP contribution >= 0.6 is 0 Å².